The first-order chi connectivity index (χ1) is 11.8. The largest absolute Gasteiger partial charge is 0.497 e. The second-order valence-corrected chi connectivity index (χ2v) is 5.93. The first-order valence-corrected chi connectivity index (χ1v) is 8.48. The van der Waals surface area contributed by atoms with E-state index in [2.05, 4.69) is 26.7 Å². The van der Waals surface area contributed by atoms with Gasteiger partial charge in [0.1, 0.15) is 23.7 Å². The number of methoxy groups -OCH3 is 1. The Hall–Kier alpha value is -2.56. The summed E-state index contributed by atoms with van der Waals surface area (Å²) >= 11 is 0. The van der Waals surface area contributed by atoms with Gasteiger partial charge in [-0.1, -0.05) is 11.6 Å². The lowest BCUT2D eigenvalue weighted by atomic mass is 9.97. The normalized spacial score (nSPS) is 14.0. The smallest absolute Gasteiger partial charge is 0.135 e. The molecular formula is C19H24N4O. The van der Waals surface area contributed by atoms with Crippen molar-refractivity contribution >= 4 is 17.3 Å². The lowest BCUT2D eigenvalue weighted by Crippen LogP contribution is -2.06. The van der Waals surface area contributed by atoms with Gasteiger partial charge in [-0.15, -0.1) is 0 Å². The summed E-state index contributed by atoms with van der Waals surface area (Å²) in [6, 6.07) is 9.69. The number of rotatable bonds is 7. The van der Waals surface area contributed by atoms with Crippen molar-refractivity contribution in [1.29, 1.82) is 0 Å². The van der Waals surface area contributed by atoms with E-state index in [9.17, 15) is 0 Å². The molecule has 126 valence electrons. The van der Waals surface area contributed by atoms with Gasteiger partial charge in [-0.2, -0.15) is 0 Å². The van der Waals surface area contributed by atoms with E-state index in [4.69, 9.17) is 4.74 Å². The standard InChI is InChI=1S/C19H24N4O/c1-24-17-9-7-16(8-10-17)23-19-13-18(21-14-22-19)20-12-11-15-5-3-2-4-6-15/h5,7-10,13-14H,2-4,6,11-12H2,1H3,(H2,20,21,22,23). The van der Waals surface area contributed by atoms with Gasteiger partial charge in [0.2, 0.25) is 0 Å². The molecule has 0 atom stereocenters. The molecule has 2 aromatic rings. The molecular weight excluding hydrogens is 300 g/mol. The Kier molecular flexibility index (Phi) is 5.66. The maximum Gasteiger partial charge on any atom is 0.135 e. The van der Waals surface area contributed by atoms with E-state index in [0.29, 0.717) is 0 Å². The van der Waals surface area contributed by atoms with Crippen LogP contribution < -0.4 is 15.4 Å². The molecule has 0 radical (unpaired) electrons. The summed E-state index contributed by atoms with van der Waals surface area (Å²) in [7, 11) is 1.66. The molecule has 2 N–H and O–H groups in total. The van der Waals surface area contributed by atoms with Crippen molar-refractivity contribution in [1.82, 2.24) is 9.97 Å². The average molecular weight is 324 g/mol. The van der Waals surface area contributed by atoms with Gasteiger partial charge in [-0.05, 0) is 56.4 Å². The number of anilines is 3. The van der Waals surface area contributed by atoms with E-state index >= 15 is 0 Å². The third-order valence-corrected chi connectivity index (χ3v) is 4.17. The zero-order chi connectivity index (χ0) is 16.6. The second kappa shape index (κ2) is 8.34. The minimum atomic E-state index is 0.773. The minimum absolute atomic E-state index is 0.773. The summed E-state index contributed by atoms with van der Waals surface area (Å²) in [6.45, 7) is 0.908. The Bertz CT molecular complexity index is 682. The molecule has 0 unspecified atom stereocenters. The van der Waals surface area contributed by atoms with E-state index in [1.807, 2.05) is 30.3 Å². The maximum absolute atomic E-state index is 5.16. The summed E-state index contributed by atoms with van der Waals surface area (Å²) in [4.78, 5) is 8.56. The first kappa shape index (κ1) is 16.3. The maximum atomic E-state index is 5.16. The molecule has 0 aliphatic heterocycles. The molecule has 0 fully saturated rings. The monoisotopic (exact) mass is 324 g/mol. The summed E-state index contributed by atoms with van der Waals surface area (Å²) in [5.74, 6) is 2.45. The van der Waals surface area contributed by atoms with Crippen LogP contribution in [0.3, 0.4) is 0 Å². The number of hydrogen-bond acceptors (Lipinski definition) is 5. The summed E-state index contributed by atoms with van der Waals surface area (Å²) in [6.07, 6.45) is 10.2. The molecule has 0 bridgehead atoms. The fourth-order valence-electron chi connectivity index (χ4n) is 2.83. The van der Waals surface area contributed by atoms with Gasteiger partial charge in [0, 0.05) is 18.3 Å². The Morgan fingerprint density at radius 3 is 2.67 bits per heavy atom. The highest BCUT2D eigenvalue weighted by atomic mass is 16.5. The van der Waals surface area contributed by atoms with Crippen LogP contribution in [-0.4, -0.2) is 23.6 Å². The second-order valence-electron chi connectivity index (χ2n) is 5.93. The number of allylic oxidation sites excluding steroid dienone is 1. The van der Waals surface area contributed by atoms with Crippen molar-refractivity contribution in [2.75, 3.05) is 24.3 Å². The molecule has 1 aromatic heterocycles. The van der Waals surface area contributed by atoms with Crippen molar-refractivity contribution in [3.05, 3.63) is 48.3 Å². The molecule has 0 amide bonds. The zero-order valence-corrected chi connectivity index (χ0v) is 14.1. The van der Waals surface area contributed by atoms with E-state index < -0.39 is 0 Å². The molecule has 1 aromatic carbocycles. The Labute approximate surface area is 143 Å². The number of ether oxygens (including phenoxy) is 1. The summed E-state index contributed by atoms with van der Waals surface area (Å²) in [5.41, 5.74) is 2.53. The highest BCUT2D eigenvalue weighted by Gasteiger charge is 2.04. The molecule has 1 heterocycles. The highest BCUT2D eigenvalue weighted by molar-refractivity contribution is 5.59. The molecule has 5 heteroatoms. The SMILES string of the molecule is COc1ccc(Nc2cc(NCCC3=CCCCC3)ncn2)cc1. The summed E-state index contributed by atoms with van der Waals surface area (Å²) < 4.78 is 5.16. The van der Waals surface area contributed by atoms with Crippen molar-refractivity contribution < 1.29 is 4.74 Å². The number of hydrogen-bond donors (Lipinski definition) is 2. The molecule has 24 heavy (non-hydrogen) atoms. The van der Waals surface area contributed by atoms with Crippen LogP contribution >= 0.6 is 0 Å². The van der Waals surface area contributed by atoms with E-state index in [1.54, 1.807) is 19.0 Å². The number of nitrogens with one attached hydrogen (secondary N) is 2. The number of nitrogens with zero attached hydrogens (tertiary/aromatic N) is 2. The molecule has 0 saturated heterocycles. The van der Waals surface area contributed by atoms with Crippen LogP contribution in [-0.2, 0) is 0 Å². The van der Waals surface area contributed by atoms with Gasteiger partial charge in [-0.3, -0.25) is 0 Å². The van der Waals surface area contributed by atoms with Crippen molar-refractivity contribution in [2.45, 2.75) is 32.1 Å². The fourth-order valence-corrected chi connectivity index (χ4v) is 2.83. The van der Waals surface area contributed by atoms with Crippen LogP contribution in [0.2, 0.25) is 0 Å². The number of benzene rings is 1. The van der Waals surface area contributed by atoms with Gasteiger partial charge in [0.05, 0.1) is 7.11 Å². The molecule has 1 aliphatic carbocycles. The van der Waals surface area contributed by atoms with Gasteiger partial charge in [0.15, 0.2) is 0 Å². The van der Waals surface area contributed by atoms with Gasteiger partial charge in [-0.25, -0.2) is 9.97 Å². The van der Waals surface area contributed by atoms with E-state index in [1.165, 1.54) is 25.7 Å². The zero-order valence-electron chi connectivity index (χ0n) is 14.1. The van der Waals surface area contributed by atoms with Crippen molar-refractivity contribution in [2.24, 2.45) is 0 Å². The van der Waals surface area contributed by atoms with Crippen LogP contribution in [0, 0.1) is 0 Å². The predicted molar refractivity (Wildman–Crippen MR) is 98.0 cm³/mol. The third-order valence-electron chi connectivity index (χ3n) is 4.17. The summed E-state index contributed by atoms with van der Waals surface area (Å²) in [5, 5.41) is 6.66. The lowest BCUT2D eigenvalue weighted by Gasteiger charge is -2.13. The number of aromatic nitrogens is 2. The van der Waals surface area contributed by atoms with Gasteiger partial charge in [0.25, 0.3) is 0 Å². The van der Waals surface area contributed by atoms with Gasteiger partial charge < -0.3 is 15.4 Å². The molecule has 0 saturated carbocycles. The molecule has 5 nitrogen and oxygen atoms in total. The molecule has 3 rings (SSSR count). The van der Waals surface area contributed by atoms with Crippen LogP contribution in [0.4, 0.5) is 17.3 Å². The molecule has 0 spiro atoms. The fraction of sp³-hybridized carbons (Fsp3) is 0.368. The van der Waals surface area contributed by atoms with Crippen LogP contribution in [0.25, 0.3) is 0 Å². The topological polar surface area (TPSA) is 59.1 Å². The first-order valence-electron chi connectivity index (χ1n) is 8.48. The molecule has 1 aliphatic rings. The van der Waals surface area contributed by atoms with Gasteiger partial charge >= 0.3 is 0 Å². The lowest BCUT2D eigenvalue weighted by molar-refractivity contribution is 0.415. The third kappa shape index (κ3) is 4.72. The Balaban J connectivity index is 1.54. The van der Waals surface area contributed by atoms with E-state index in [-0.39, 0.29) is 0 Å². The van der Waals surface area contributed by atoms with Crippen LogP contribution in [0.1, 0.15) is 32.1 Å². The average Bonchev–Trinajstić information content (AvgIpc) is 2.64. The van der Waals surface area contributed by atoms with Crippen LogP contribution in [0.5, 0.6) is 5.75 Å². The Morgan fingerprint density at radius 1 is 1.08 bits per heavy atom. The van der Waals surface area contributed by atoms with Crippen molar-refractivity contribution in [3.8, 4) is 5.75 Å². The Morgan fingerprint density at radius 2 is 1.92 bits per heavy atom. The quantitative estimate of drug-likeness (QED) is 0.733. The van der Waals surface area contributed by atoms with Crippen molar-refractivity contribution in [3.63, 3.8) is 0 Å². The van der Waals surface area contributed by atoms with E-state index in [0.717, 1.165) is 36.0 Å². The highest BCUT2D eigenvalue weighted by Crippen LogP contribution is 2.21. The van der Waals surface area contributed by atoms with Crippen LogP contribution in [0.15, 0.2) is 48.3 Å². The minimum Gasteiger partial charge on any atom is -0.497 e. The predicted octanol–water partition coefficient (Wildman–Crippen LogP) is 4.53.